The van der Waals surface area contributed by atoms with Crippen LogP contribution in [-0.4, -0.2) is 44.8 Å². The SMILES string of the molecule is CN1C(=O)C(=O)N(Cc2nc(-c3cccc(Br)c3)no2)C1=O. The summed E-state index contributed by atoms with van der Waals surface area (Å²) in [5.41, 5.74) is 0.719. The molecule has 1 fully saturated rings. The van der Waals surface area contributed by atoms with Gasteiger partial charge in [0.05, 0.1) is 0 Å². The van der Waals surface area contributed by atoms with Crippen LogP contribution in [-0.2, 0) is 16.1 Å². The highest BCUT2D eigenvalue weighted by atomic mass is 79.9. The lowest BCUT2D eigenvalue weighted by Gasteiger charge is -2.09. The number of imide groups is 2. The summed E-state index contributed by atoms with van der Waals surface area (Å²) >= 11 is 3.34. The first-order valence-corrected chi connectivity index (χ1v) is 6.98. The van der Waals surface area contributed by atoms with Gasteiger partial charge in [0.15, 0.2) is 0 Å². The van der Waals surface area contributed by atoms with Crippen LogP contribution < -0.4 is 0 Å². The number of rotatable bonds is 3. The van der Waals surface area contributed by atoms with Gasteiger partial charge in [0.2, 0.25) is 11.7 Å². The molecule has 0 bridgehead atoms. The highest BCUT2D eigenvalue weighted by Crippen LogP contribution is 2.21. The van der Waals surface area contributed by atoms with E-state index in [0.717, 1.165) is 19.8 Å². The van der Waals surface area contributed by atoms with Crippen LogP contribution in [0.25, 0.3) is 11.4 Å². The summed E-state index contributed by atoms with van der Waals surface area (Å²) < 4.78 is 5.89. The first kappa shape index (κ1) is 14.4. The lowest BCUT2D eigenvalue weighted by Crippen LogP contribution is -2.31. The second kappa shape index (κ2) is 5.34. The Kier molecular flexibility index (Phi) is 3.49. The molecule has 8 nitrogen and oxygen atoms in total. The van der Waals surface area contributed by atoms with Gasteiger partial charge in [-0.25, -0.2) is 9.69 Å². The van der Waals surface area contributed by atoms with Crippen molar-refractivity contribution in [3.8, 4) is 11.4 Å². The van der Waals surface area contributed by atoms with Crippen molar-refractivity contribution in [2.75, 3.05) is 7.05 Å². The third kappa shape index (κ3) is 2.39. The van der Waals surface area contributed by atoms with E-state index in [9.17, 15) is 14.4 Å². The fourth-order valence-corrected chi connectivity index (χ4v) is 2.35. The molecule has 2 heterocycles. The van der Waals surface area contributed by atoms with E-state index in [4.69, 9.17) is 4.52 Å². The molecule has 0 N–H and O–H groups in total. The molecule has 3 rings (SSSR count). The van der Waals surface area contributed by atoms with Crippen molar-refractivity contribution in [2.45, 2.75) is 6.54 Å². The molecule has 1 aliphatic rings. The molecule has 112 valence electrons. The maximum atomic E-state index is 11.8. The van der Waals surface area contributed by atoms with Crippen molar-refractivity contribution >= 4 is 33.8 Å². The Morgan fingerprint density at radius 3 is 2.64 bits per heavy atom. The average molecular weight is 365 g/mol. The van der Waals surface area contributed by atoms with Gasteiger partial charge in [0.1, 0.15) is 6.54 Å². The standard InChI is InChI=1S/C13H9BrN4O4/c1-17-11(19)12(20)18(13(17)21)6-9-15-10(16-22-9)7-3-2-4-8(14)5-7/h2-5H,6H2,1H3. The van der Waals surface area contributed by atoms with Gasteiger partial charge >= 0.3 is 17.8 Å². The maximum absolute atomic E-state index is 11.8. The van der Waals surface area contributed by atoms with Gasteiger partial charge in [-0.2, -0.15) is 4.98 Å². The molecule has 0 aliphatic carbocycles. The minimum atomic E-state index is -0.908. The van der Waals surface area contributed by atoms with Crippen molar-refractivity contribution in [2.24, 2.45) is 0 Å². The Hall–Kier alpha value is -2.55. The number of halogens is 1. The van der Waals surface area contributed by atoms with Crippen LogP contribution in [0.3, 0.4) is 0 Å². The Labute approximate surface area is 132 Å². The average Bonchev–Trinajstić information content (AvgIpc) is 3.04. The third-order valence-electron chi connectivity index (χ3n) is 3.09. The van der Waals surface area contributed by atoms with Gasteiger partial charge < -0.3 is 4.52 Å². The molecule has 1 aliphatic heterocycles. The highest BCUT2D eigenvalue weighted by Gasteiger charge is 2.42. The third-order valence-corrected chi connectivity index (χ3v) is 3.59. The predicted molar refractivity (Wildman–Crippen MR) is 76.2 cm³/mol. The largest absolute Gasteiger partial charge is 0.337 e. The van der Waals surface area contributed by atoms with Crippen molar-refractivity contribution in [1.82, 2.24) is 19.9 Å². The summed E-state index contributed by atoms with van der Waals surface area (Å²) in [6.45, 7) is -0.241. The van der Waals surface area contributed by atoms with Crippen LogP contribution in [0.5, 0.6) is 0 Å². The molecule has 4 amide bonds. The van der Waals surface area contributed by atoms with Gasteiger partial charge in [-0.15, -0.1) is 0 Å². The molecule has 0 atom stereocenters. The van der Waals surface area contributed by atoms with Crippen molar-refractivity contribution in [3.05, 3.63) is 34.6 Å². The maximum Gasteiger partial charge on any atom is 0.334 e. The number of nitrogens with zero attached hydrogens (tertiary/aromatic N) is 4. The van der Waals surface area contributed by atoms with Crippen LogP contribution in [0.1, 0.15) is 5.89 Å². The molecule has 0 spiro atoms. The Morgan fingerprint density at radius 2 is 2.00 bits per heavy atom. The van der Waals surface area contributed by atoms with E-state index in [2.05, 4.69) is 26.1 Å². The lowest BCUT2D eigenvalue weighted by atomic mass is 10.2. The van der Waals surface area contributed by atoms with E-state index < -0.39 is 17.8 Å². The van der Waals surface area contributed by atoms with E-state index >= 15 is 0 Å². The summed E-state index contributed by atoms with van der Waals surface area (Å²) in [6, 6.07) is 6.56. The zero-order valence-corrected chi connectivity index (χ0v) is 12.9. The van der Waals surface area contributed by atoms with Crippen LogP contribution in [0.2, 0.25) is 0 Å². The van der Waals surface area contributed by atoms with E-state index in [-0.39, 0.29) is 12.4 Å². The number of benzene rings is 1. The molecule has 1 saturated heterocycles. The fraction of sp³-hybridized carbons (Fsp3) is 0.154. The predicted octanol–water partition coefficient (Wildman–Crippen LogP) is 1.42. The molecule has 0 unspecified atom stereocenters. The van der Waals surface area contributed by atoms with Gasteiger partial charge in [-0.1, -0.05) is 33.2 Å². The Balaban J connectivity index is 1.82. The van der Waals surface area contributed by atoms with Crippen LogP contribution in [0, 0.1) is 0 Å². The van der Waals surface area contributed by atoms with Crippen LogP contribution in [0.15, 0.2) is 33.3 Å². The number of carbonyl (C=O) groups is 3. The zero-order valence-electron chi connectivity index (χ0n) is 11.3. The van der Waals surface area contributed by atoms with E-state index in [0.29, 0.717) is 5.82 Å². The fourth-order valence-electron chi connectivity index (χ4n) is 1.95. The van der Waals surface area contributed by atoms with Gasteiger partial charge in [0, 0.05) is 17.1 Å². The smallest absolute Gasteiger partial charge is 0.334 e. The number of likely N-dealkylation sites (N-methyl/N-ethyl adjacent to an activating group) is 1. The molecule has 0 radical (unpaired) electrons. The summed E-state index contributed by atoms with van der Waals surface area (Å²) in [4.78, 5) is 40.5. The summed E-state index contributed by atoms with van der Waals surface area (Å²) in [5, 5.41) is 3.80. The van der Waals surface area contributed by atoms with Gasteiger partial charge in [0.25, 0.3) is 0 Å². The van der Waals surface area contributed by atoms with Crippen molar-refractivity contribution < 1.29 is 18.9 Å². The minimum Gasteiger partial charge on any atom is -0.337 e. The van der Waals surface area contributed by atoms with Crippen molar-refractivity contribution in [3.63, 3.8) is 0 Å². The van der Waals surface area contributed by atoms with Crippen LogP contribution in [0.4, 0.5) is 4.79 Å². The second-order valence-electron chi connectivity index (χ2n) is 4.56. The molecule has 1 aromatic heterocycles. The monoisotopic (exact) mass is 364 g/mol. The number of hydrogen-bond acceptors (Lipinski definition) is 6. The Bertz CT molecular complexity index is 788. The molecule has 1 aromatic carbocycles. The molecule has 2 aromatic rings. The second-order valence-corrected chi connectivity index (χ2v) is 5.48. The lowest BCUT2D eigenvalue weighted by molar-refractivity contribution is -0.143. The number of hydrogen-bond donors (Lipinski definition) is 0. The number of amides is 4. The van der Waals surface area contributed by atoms with E-state index in [1.54, 1.807) is 12.1 Å². The number of carbonyl (C=O) groups excluding carboxylic acids is 3. The van der Waals surface area contributed by atoms with Gasteiger partial charge in [-0.05, 0) is 12.1 Å². The van der Waals surface area contributed by atoms with Gasteiger partial charge in [-0.3, -0.25) is 14.5 Å². The zero-order chi connectivity index (χ0) is 15.9. The van der Waals surface area contributed by atoms with Crippen molar-refractivity contribution in [1.29, 1.82) is 0 Å². The van der Waals surface area contributed by atoms with E-state index in [1.165, 1.54) is 7.05 Å². The highest BCUT2D eigenvalue weighted by molar-refractivity contribution is 9.10. The number of urea groups is 1. The molecular formula is C13H9BrN4O4. The molecular weight excluding hydrogens is 356 g/mol. The molecule has 22 heavy (non-hydrogen) atoms. The minimum absolute atomic E-state index is 0.0692. The molecule has 0 saturated carbocycles. The first-order chi connectivity index (χ1) is 10.5. The normalized spacial score (nSPS) is 15.1. The summed E-state index contributed by atoms with van der Waals surface area (Å²) in [5.74, 6) is -1.39. The summed E-state index contributed by atoms with van der Waals surface area (Å²) in [7, 11) is 1.24. The first-order valence-electron chi connectivity index (χ1n) is 6.19. The van der Waals surface area contributed by atoms with Crippen LogP contribution >= 0.6 is 15.9 Å². The quantitative estimate of drug-likeness (QED) is 0.603. The topological polar surface area (TPSA) is 96.6 Å². The Morgan fingerprint density at radius 1 is 1.23 bits per heavy atom. The molecule has 9 heteroatoms. The summed E-state index contributed by atoms with van der Waals surface area (Å²) in [6.07, 6.45) is 0. The number of aromatic nitrogens is 2. The van der Waals surface area contributed by atoms with E-state index in [1.807, 2.05) is 12.1 Å².